The second-order valence-corrected chi connectivity index (χ2v) is 3.03. The van der Waals surface area contributed by atoms with Crippen LogP contribution >= 0.6 is 0 Å². The minimum atomic E-state index is -1.06. The number of aryl methyl sites for hydroxylation is 1. The third kappa shape index (κ3) is 2.55. The molecule has 0 aliphatic heterocycles. The molecule has 0 saturated heterocycles. The highest BCUT2D eigenvalue weighted by molar-refractivity contribution is 5.95. The quantitative estimate of drug-likeness (QED) is 0.761. The average molecular weight is 212 g/mol. The van der Waals surface area contributed by atoms with Crippen molar-refractivity contribution in [2.75, 3.05) is 0 Å². The molecule has 0 bridgehead atoms. The predicted octanol–water partition coefficient (Wildman–Crippen LogP) is 0.576. The summed E-state index contributed by atoms with van der Waals surface area (Å²) >= 11 is 0. The van der Waals surface area contributed by atoms with E-state index in [1.54, 1.807) is 13.8 Å². The van der Waals surface area contributed by atoms with Gasteiger partial charge in [0.2, 0.25) is 0 Å². The first-order chi connectivity index (χ1) is 7.06. The van der Waals surface area contributed by atoms with Crippen molar-refractivity contribution in [3.05, 3.63) is 17.8 Å². The molecule has 0 aromatic carbocycles. The summed E-state index contributed by atoms with van der Waals surface area (Å²) in [7, 11) is 0. The van der Waals surface area contributed by atoms with Crippen molar-refractivity contribution < 1.29 is 19.1 Å². The third-order valence-electron chi connectivity index (χ3n) is 1.97. The molecule has 1 heterocycles. The first kappa shape index (κ1) is 11.2. The second-order valence-electron chi connectivity index (χ2n) is 3.03. The van der Waals surface area contributed by atoms with Gasteiger partial charge in [0, 0.05) is 0 Å². The van der Waals surface area contributed by atoms with Gasteiger partial charge in [-0.1, -0.05) is 6.92 Å². The lowest BCUT2D eigenvalue weighted by molar-refractivity contribution is -0.139. The molecule has 6 heteroatoms. The van der Waals surface area contributed by atoms with Crippen molar-refractivity contribution in [1.82, 2.24) is 10.3 Å². The highest BCUT2D eigenvalue weighted by Gasteiger charge is 2.21. The van der Waals surface area contributed by atoms with Gasteiger partial charge in [-0.15, -0.1) is 0 Å². The minimum absolute atomic E-state index is 0.120. The van der Waals surface area contributed by atoms with Crippen LogP contribution in [0.4, 0.5) is 0 Å². The fraction of sp³-hybridized carbons (Fsp3) is 0.444. The number of nitrogens with zero attached hydrogens (tertiary/aromatic N) is 1. The number of carbonyl (C=O) groups is 2. The maximum atomic E-state index is 11.5. The Bertz CT molecular complexity index is 372. The van der Waals surface area contributed by atoms with E-state index in [-0.39, 0.29) is 5.69 Å². The van der Waals surface area contributed by atoms with Crippen molar-refractivity contribution in [2.45, 2.75) is 26.3 Å². The molecule has 1 aromatic heterocycles. The van der Waals surface area contributed by atoms with Gasteiger partial charge in [-0.3, -0.25) is 4.79 Å². The molecule has 0 radical (unpaired) electrons. The Morgan fingerprint density at radius 2 is 2.33 bits per heavy atom. The van der Waals surface area contributed by atoms with Crippen molar-refractivity contribution in [1.29, 1.82) is 0 Å². The van der Waals surface area contributed by atoms with Crippen molar-refractivity contribution >= 4 is 11.9 Å². The van der Waals surface area contributed by atoms with Gasteiger partial charge in [0.05, 0.1) is 0 Å². The zero-order valence-corrected chi connectivity index (χ0v) is 8.48. The van der Waals surface area contributed by atoms with Crippen LogP contribution in [0.1, 0.15) is 29.6 Å². The smallest absolute Gasteiger partial charge is 0.326 e. The summed E-state index contributed by atoms with van der Waals surface area (Å²) in [5, 5.41) is 11.1. The standard InChI is InChI=1S/C9H12N2O4/c1-3-6(9(13)14)11-8(12)7-5(2)15-4-10-7/h4,6H,3H2,1-2H3,(H,11,12)(H,13,14)/t6-/m1/s1. The highest BCUT2D eigenvalue weighted by Crippen LogP contribution is 2.04. The van der Waals surface area contributed by atoms with Crippen LogP contribution in [0.15, 0.2) is 10.8 Å². The van der Waals surface area contributed by atoms with Crippen LogP contribution in [0, 0.1) is 6.92 Å². The molecule has 1 rings (SSSR count). The van der Waals surface area contributed by atoms with Crippen LogP contribution in [-0.4, -0.2) is 28.0 Å². The van der Waals surface area contributed by atoms with Gasteiger partial charge in [0.25, 0.3) is 5.91 Å². The maximum absolute atomic E-state index is 11.5. The number of carboxylic acids is 1. The third-order valence-corrected chi connectivity index (χ3v) is 1.97. The molecule has 15 heavy (non-hydrogen) atoms. The van der Waals surface area contributed by atoms with Crippen LogP contribution in [0.2, 0.25) is 0 Å². The first-order valence-corrected chi connectivity index (χ1v) is 4.50. The second kappa shape index (κ2) is 4.59. The molecule has 0 fully saturated rings. The molecule has 1 aromatic rings. The van der Waals surface area contributed by atoms with Crippen LogP contribution in [0.3, 0.4) is 0 Å². The lowest BCUT2D eigenvalue weighted by Crippen LogP contribution is -2.40. The molecule has 0 aliphatic rings. The van der Waals surface area contributed by atoms with Crippen LogP contribution in [-0.2, 0) is 4.79 Å². The first-order valence-electron chi connectivity index (χ1n) is 4.50. The van der Waals surface area contributed by atoms with E-state index in [0.29, 0.717) is 12.2 Å². The number of amides is 1. The number of hydrogen-bond acceptors (Lipinski definition) is 4. The van der Waals surface area contributed by atoms with Crippen molar-refractivity contribution in [3.8, 4) is 0 Å². The summed E-state index contributed by atoms with van der Waals surface area (Å²) in [5.74, 6) is -1.23. The number of oxazole rings is 1. The number of rotatable bonds is 4. The molecule has 82 valence electrons. The Balaban J connectivity index is 2.71. The van der Waals surface area contributed by atoms with Crippen LogP contribution in [0.5, 0.6) is 0 Å². The Morgan fingerprint density at radius 3 is 2.73 bits per heavy atom. The molecular formula is C9H12N2O4. The topological polar surface area (TPSA) is 92.4 Å². The van der Waals surface area contributed by atoms with Gasteiger partial charge in [-0.25, -0.2) is 9.78 Å². The van der Waals surface area contributed by atoms with E-state index in [9.17, 15) is 9.59 Å². The Morgan fingerprint density at radius 1 is 1.67 bits per heavy atom. The molecule has 0 saturated carbocycles. The van der Waals surface area contributed by atoms with E-state index in [0.717, 1.165) is 6.39 Å². The zero-order chi connectivity index (χ0) is 11.4. The zero-order valence-electron chi connectivity index (χ0n) is 8.48. The largest absolute Gasteiger partial charge is 0.480 e. The molecule has 1 atom stereocenters. The predicted molar refractivity (Wildman–Crippen MR) is 50.4 cm³/mol. The fourth-order valence-electron chi connectivity index (χ4n) is 1.09. The van der Waals surface area contributed by atoms with Crippen molar-refractivity contribution in [2.24, 2.45) is 0 Å². The summed E-state index contributed by atoms with van der Waals surface area (Å²) in [6.45, 7) is 3.26. The number of aliphatic carboxylic acids is 1. The molecule has 2 N–H and O–H groups in total. The molecule has 0 spiro atoms. The molecule has 0 unspecified atom stereocenters. The Kier molecular flexibility index (Phi) is 3.43. The van der Waals surface area contributed by atoms with Gasteiger partial charge in [0.15, 0.2) is 12.1 Å². The number of carboxylic acid groups (broad SMARTS) is 1. The number of carbonyl (C=O) groups excluding carboxylic acids is 1. The van der Waals surface area contributed by atoms with E-state index < -0.39 is 17.9 Å². The minimum Gasteiger partial charge on any atom is -0.480 e. The summed E-state index contributed by atoms with van der Waals surface area (Å²) in [6.07, 6.45) is 1.46. The molecule has 0 aliphatic carbocycles. The molecule has 6 nitrogen and oxygen atoms in total. The summed E-state index contributed by atoms with van der Waals surface area (Å²) in [5.41, 5.74) is 0.120. The molecule has 1 amide bonds. The Hall–Kier alpha value is -1.85. The van der Waals surface area contributed by atoms with E-state index in [2.05, 4.69) is 10.3 Å². The normalized spacial score (nSPS) is 12.1. The number of nitrogens with one attached hydrogen (secondary N) is 1. The lowest BCUT2D eigenvalue weighted by Gasteiger charge is -2.10. The number of hydrogen-bond donors (Lipinski definition) is 2. The van der Waals surface area contributed by atoms with E-state index in [1.165, 1.54) is 0 Å². The SMILES string of the molecule is CC[C@@H](NC(=O)c1ncoc1C)C(=O)O. The molecular weight excluding hydrogens is 200 g/mol. The van der Waals surface area contributed by atoms with Crippen LogP contribution < -0.4 is 5.32 Å². The fourth-order valence-corrected chi connectivity index (χ4v) is 1.09. The van der Waals surface area contributed by atoms with Crippen molar-refractivity contribution in [3.63, 3.8) is 0 Å². The number of aromatic nitrogens is 1. The van der Waals surface area contributed by atoms with E-state index in [4.69, 9.17) is 9.52 Å². The average Bonchev–Trinajstić information content (AvgIpc) is 2.60. The summed E-state index contributed by atoms with van der Waals surface area (Å²) in [4.78, 5) is 25.9. The lowest BCUT2D eigenvalue weighted by atomic mass is 10.2. The summed E-state index contributed by atoms with van der Waals surface area (Å²) < 4.78 is 4.84. The van der Waals surface area contributed by atoms with Crippen LogP contribution in [0.25, 0.3) is 0 Å². The van der Waals surface area contributed by atoms with Gasteiger partial charge >= 0.3 is 5.97 Å². The van der Waals surface area contributed by atoms with Gasteiger partial charge in [0.1, 0.15) is 11.8 Å². The van der Waals surface area contributed by atoms with Gasteiger partial charge in [-0.2, -0.15) is 0 Å². The van der Waals surface area contributed by atoms with Gasteiger partial charge in [-0.05, 0) is 13.3 Å². The maximum Gasteiger partial charge on any atom is 0.326 e. The monoisotopic (exact) mass is 212 g/mol. The van der Waals surface area contributed by atoms with Gasteiger partial charge < -0.3 is 14.8 Å². The summed E-state index contributed by atoms with van der Waals surface area (Å²) in [6, 6.07) is -0.895. The Labute approximate surface area is 86.3 Å². The van der Waals surface area contributed by atoms with E-state index >= 15 is 0 Å². The van der Waals surface area contributed by atoms with E-state index in [1.807, 2.05) is 0 Å². The highest BCUT2D eigenvalue weighted by atomic mass is 16.4.